The lowest BCUT2D eigenvalue weighted by atomic mass is 9.78. The Kier molecular flexibility index (Phi) is 27.2. The summed E-state index contributed by atoms with van der Waals surface area (Å²) in [5.74, 6) is 5.95. The van der Waals surface area contributed by atoms with Crippen LogP contribution in [-0.2, 0) is 81.3 Å². The SMILES string of the molecule is COCc1cc(-c2nnc3c4ccccc4c(OCc4ccc(C(=O)N(C)C)cn4)nn23)no1.COCc1cc(-c2nnc3c4ccccc4c(OCc4ccc(C(=O)N(C)CC5CC5)cn4)nn23)no1.COCc1cc(-c2nnc3c4ccccc4c(OCc4ccc(C(=O)N5CC6(COC6)C5)cn4)nn23)no1.COCc1cc(-c2nnc3c4ccccc4c(OCc4ccc(C(=O)N5CCOCC5)cn4)nn23)no1. The molecule has 4 fully saturated rings. The van der Waals surface area contributed by atoms with Gasteiger partial charge in [0.2, 0.25) is 46.8 Å². The van der Waals surface area contributed by atoms with E-state index >= 15 is 0 Å². The van der Waals surface area contributed by atoms with Gasteiger partial charge in [0.25, 0.3) is 23.6 Å². The lowest BCUT2D eigenvalue weighted by Crippen LogP contribution is -2.67. The molecule has 24 rings (SSSR count). The molecule has 19 heterocycles. The van der Waals surface area contributed by atoms with Crippen LogP contribution in [0.15, 0.2) is 213 Å². The maximum absolute atomic E-state index is 12.7. The Balaban J connectivity index is 0.000000114. The molecule has 0 atom stereocenters. The van der Waals surface area contributed by atoms with Crippen LogP contribution in [0.4, 0.5) is 0 Å². The summed E-state index contributed by atoms with van der Waals surface area (Å²) in [7, 11) is 11.6. The van der Waals surface area contributed by atoms with Gasteiger partial charge in [-0.1, -0.05) is 93.4 Å². The number of ether oxygens (including phenoxy) is 10. The van der Waals surface area contributed by atoms with E-state index in [1.54, 1.807) is 162 Å². The summed E-state index contributed by atoms with van der Waals surface area (Å²) in [4.78, 5) is 74.7. The van der Waals surface area contributed by atoms with Gasteiger partial charge in [0, 0.05) is 174 Å². The predicted octanol–water partition coefficient (Wildman–Crippen LogP) is 11.3. The molecule has 3 saturated heterocycles. The zero-order chi connectivity index (χ0) is 99.9. The molecular weight excluding hydrogens is 1880 g/mol. The van der Waals surface area contributed by atoms with E-state index in [1.807, 2.05) is 109 Å². The second-order valence-corrected chi connectivity index (χ2v) is 35.1. The lowest BCUT2D eigenvalue weighted by molar-refractivity contribution is -0.176. The standard InChI is InChI=1S/C26H23N7O5.C26H25N7O4.C25H23N7O5.C23H21N7O4/c1-35-11-18-8-21(31-38-18)23-29-28-22-19-4-2-3-5-20(19)24(30-33(22)23)37-10-17-7-6-16(9-27-17)25(34)32-12-26(13-32)14-36-15-26;1-32(13-16-7-8-16)26(34)17-9-10-18(27-12-17)14-36-25-21-6-4-3-5-20(21)23-28-29-24(33(23)30-25)22-11-19(15-35-2)37-31-22;1-34-15-18-12-21(30-37-18)23-28-27-22-19-4-2-3-5-20(19)24(29-32(22)23)36-14-17-7-6-16(13-26-17)25(33)31-8-10-35-11-9-31;1-29(2)23(31)14-8-9-15(24-11-14)12-33-22-18-7-5-4-6-17(18)20-25-26-21(30(20)27-22)19-10-16(13-32-3)34-28-19/h2-9H,10-15H2,1H3;3-6,9-12,16H,7-8,13-15H2,1-2H3;2-7,12-13H,8-11,14-15H2,1H3;4-11H,12-13H2,1-3H3. The summed E-state index contributed by atoms with van der Waals surface area (Å²) >= 11 is 0. The van der Waals surface area contributed by atoms with Crippen molar-refractivity contribution in [2.75, 3.05) is 109 Å². The van der Waals surface area contributed by atoms with E-state index in [0.29, 0.717) is 212 Å². The molecule has 146 heavy (non-hydrogen) atoms. The first-order chi connectivity index (χ1) is 71.5. The topological polar surface area (TPSA) is 502 Å². The Morgan fingerprint density at radius 1 is 0.356 bits per heavy atom. The van der Waals surface area contributed by atoms with Crippen molar-refractivity contribution in [3.05, 3.63) is 263 Å². The monoisotopic (exact) mass is 1970 g/mol. The molecule has 0 radical (unpaired) electrons. The second kappa shape index (κ2) is 41.9. The van der Waals surface area contributed by atoms with Crippen LogP contribution < -0.4 is 18.9 Å². The average Bonchev–Trinajstić information content (AvgIpc) is 1.69. The van der Waals surface area contributed by atoms with Crippen LogP contribution in [0.1, 0.15) is 100 Å². The van der Waals surface area contributed by atoms with Crippen LogP contribution >= 0.6 is 0 Å². The van der Waals surface area contributed by atoms with E-state index in [4.69, 9.17) is 65.5 Å². The van der Waals surface area contributed by atoms with Crippen molar-refractivity contribution >= 4 is 89.3 Å². The number of carbonyl (C=O) groups excluding carboxylic acids is 4. The molecule has 20 aromatic rings. The number of benzene rings is 4. The van der Waals surface area contributed by atoms with Crippen molar-refractivity contribution in [2.45, 2.75) is 65.7 Å². The zero-order valence-corrected chi connectivity index (χ0v) is 79.9. The number of nitrogens with zero attached hydrogens (tertiary/aromatic N) is 28. The Morgan fingerprint density at radius 2 is 0.658 bits per heavy atom. The maximum Gasteiger partial charge on any atom is 0.255 e. The first-order valence-electron chi connectivity index (χ1n) is 46.4. The summed E-state index contributed by atoms with van der Waals surface area (Å²) < 4.78 is 83.0. The van der Waals surface area contributed by atoms with Crippen molar-refractivity contribution in [1.82, 2.24) is 139 Å². The van der Waals surface area contributed by atoms with Gasteiger partial charge in [-0.15, -0.1) is 61.2 Å². The highest BCUT2D eigenvalue weighted by atomic mass is 16.5. The highest BCUT2D eigenvalue weighted by Gasteiger charge is 2.51. The van der Waals surface area contributed by atoms with Gasteiger partial charge in [-0.2, -0.15) is 18.1 Å². The van der Waals surface area contributed by atoms with Gasteiger partial charge < -0.3 is 85.1 Å². The fourth-order valence-electron chi connectivity index (χ4n) is 16.8. The van der Waals surface area contributed by atoms with E-state index in [1.165, 1.54) is 23.9 Å². The number of fused-ring (bicyclic) bond motifs is 12. The molecule has 740 valence electrons. The summed E-state index contributed by atoms with van der Waals surface area (Å²) in [6, 6.07) is 51.8. The first kappa shape index (κ1) is 94.6. The van der Waals surface area contributed by atoms with Crippen molar-refractivity contribution in [3.63, 3.8) is 0 Å². The summed E-state index contributed by atoms with van der Waals surface area (Å²) in [5.41, 5.74) is 9.23. The fraction of sp³-hybridized carbons (Fsp3) is 0.280. The molecule has 1 aliphatic carbocycles. The van der Waals surface area contributed by atoms with Gasteiger partial charge in [0.1, 0.15) is 52.9 Å². The number of hydrogen-bond donors (Lipinski definition) is 0. The number of likely N-dealkylation sites (tertiary alicyclic amines) is 1. The number of morpholine rings is 1. The molecule has 46 nitrogen and oxygen atoms in total. The third-order valence-electron chi connectivity index (χ3n) is 24.4. The molecule has 46 heteroatoms. The minimum Gasteiger partial charge on any atom is -0.470 e. The van der Waals surface area contributed by atoms with Crippen molar-refractivity contribution in [2.24, 2.45) is 11.3 Å². The quantitative estimate of drug-likeness (QED) is 0.0403. The molecule has 16 aromatic heterocycles. The molecule has 4 aliphatic rings. The highest BCUT2D eigenvalue weighted by Crippen LogP contribution is 2.40. The number of hydrogen-bond acceptors (Lipinski definition) is 38. The molecule has 0 bridgehead atoms. The normalized spacial score (nSPS) is 13.7. The van der Waals surface area contributed by atoms with Gasteiger partial charge in [-0.25, -0.2) is 0 Å². The minimum absolute atomic E-state index is 0.0118. The number of pyridine rings is 4. The van der Waals surface area contributed by atoms with Crippen LogP contribution in [0.25, 0.3) is 112 Å². The third-order valence-corrected chi connectivity index (χ3v) is 24.4. The lowest BCUT2D eigenvalue weighted by Gasteiger charge is -2.54. The van der Waals surface area contributed by atoms with E-state index < -0.39 is 0 Å². The first-order valence-corrected chi connectivity index (χ1v) is 46.4. The summed E-state index contributed by atoms with van der Waals surface area (Å²) in [6.45, 7) is 7.85. The molecule has 3 aliphatic heterocycles. The average molecular weight is 1970 g/mol. The number of aromatic nitrogens is 24. The number of rotatable bonds is 30. The molecule has 1 spiro atoms. The highest BCUT2D eigenvalue weighted by molar-refractivity contribution is 6.01. The fourth-order valence-corrected chi connectivity index (χ4v) is 16.8. The summed E-state index contributed by atoms with van der Waals surface area (Å²) in [6.07, 6.45) is 8.70. The minimum atomic E-state index is -0.111. The Morgan fingerprint density at radius 3 is 0.938 bits per heavy atom. The van der Waals surface area contributed by atoms with E-state index in [2.05, 4.69) is 102 Å². The second-order valence-electron chi connectivity index (χ2n) is 35.1. The largest absolute Gasteiger partial charge is 0.470 e. The summed E-state index contributed by atoms with van der Waals surface area (Å²) in [5, 5.41) is 75.9. The van der Waals surface area contributed by atoms with Crippen molar-refractivity contribution < 1.29 is 84.6 Å². The van der Waals surface area contributed by atoms with Crippen LogP contribution in [0.2, 0.25) is 0 Å². The third kappa shape index (κ3) is 20.0. The van der Waals surface area contributed by atoms with Crippen LogP contribution in [0, 0.1) is 11.3 Å². The molecule has 4 aromatic carbocycles. The van der Waals surface area contributed by atoms with Crippen LogP contribution in [0.5, 0.6) is 23.5 Å². The molecule has 0 unspecified atom stereocenters. The zero-order valence-electron chi connectivity index (χ0n) is 79.9. The Bertz CT molecular complexity index is 8150. The van der Waals surface area contributed by atoms with Gasteiger partial charge >= 0.3 is 0 Å². The van der Waals surface area contributed by atoms with Crippen molar-refractivity contribution in [3.8, 4) is 69.6 Å². The van der Waals surface area contributed by atoms with Gasteiger partial charge in [0.15, 0.2) is 68.4 Å². The predicted molar refractivity (Wildman–Crippen MR) is 516 cm³/mol. The molecular formula is C100H92N28O18. The number of amides is 4. The molecule has 0 N–H and O–H groups in total. The van der Waals surface area contributed by atoms with Gasteiger partial charge in [0.05, 0.1) is 76.9 Å². The number of methoxy groups -OCH3 is 4. The van der Waals surface area contributed by atoms with E-state index in [0.717, 1.165) is 75.9 Å². The maximum atomic E-state index is 12.7. The number of carbonyl (C=O) groups is 4. The van der Waals surface area contributed by atoms with E-state index in [9.17, 15) is 19.2 Å². The molecule has 4 amide bonds. The smallest absolute Gasteiger partial charge is 0.255 e. The Hall–Kier alpha value is -17.6. The Labute approximate surface area is 827 Å². The molecule has 1 saturated carbocycles. The van der Waals surface area contributed by atoms with Gasteiger partial charge in [-0.05, 0) is 91.6 Å². The van der Waals surface area contributed by atoms with Crippen LogP contribution in [0.3, 0.4) is 0 Å². The van der Waals surface area contributed by atoms with Gasteiger partial charge in [-0.3, -0.25) is 39.1 Å². The van der Waals surface area contributed by atoms with Crippen LogP contribution in [-0.4, -0.2) is 272 Å². The van der Waals surface area contributed by atoms with Crippen molar-refractivity contribution in [1.29, 1.82) is 0 Å². The van der Waals surface area contributed by atoms with E-state index in [-0.39, 0.29) is 62.1 Å².